The molecule has 8 heteroatoms. The fourth-order valence-electron chi connectivity index (χ4n) is 2.78. The third kappa shape index (κ3) is 5.53. The number of carbonyl (C=O) groups is 3. The summed E-state index contributed by atoms with van der Waals surface area (Å²) in [5, 5.41) is 2.75. The van der Waals surface area contributed by atoms with Crippen LogP contribution in [-0.4, -0.2) is 45.1 Å². The monoisotopic (exact) mass is 429 g/mol. The predicted molar refractivity (Wildman–Crippen MR) is 115 cm³/mol. The first-order valence-electron chi connectivity index (χ1n) is 9.68. The van der Waals surface area contributed by atoms with Gasteiger partial charge in [-0.2, -0.15) is 0 Å². The fraction of sp³-hybridized carbons (Fsp3) is 0.348. The number of benzene rings is 2. The van der Waals surface area contributed by atoms with Crippen LogP contribution >= 0.6 is 0 Å². The molecule has 1 unspecified atom stereocenters. The molecular weight excluding hydrogens is 402 g/mol. The van der Waals surface area contributed by atoms with Crippen molar-refractivity contribution >= 4 is 23.3 Å². The molecule has 2 rings (SSSR count). The second-order valence-electron chi connectivity index (χ2n) is 7.01. The zero-order chi connectivity index (χ0) is 23.1. The van der Waals surface area contributed by atoms with E-state index in [1.807, 2.05) is 0 Å². The largest absolute Gasteiger partial charge is 0.493 e. The van der Waals surface area contributed by atoms with Crippen molar-refractivity contribution < 1.29 is 33.3 Å². The summed E-state index contributed by atoms with van der Waals surface area (Å²) in [5.41, 5.74) is 1.03. The zero-order valence-corrected chi connectivity index (χ0v) is 18.5. The Kier molecular flexibility index (Phi) is 8.01. The van der Waals surface area contributed by atoms with E-state index in [0.717, 1.165) is 0 Å². The number of nitrogens with one attached hydrogen (secondary N) is 1. The van der Waals surface area contributed by atoms with Crippen LogP contribution in [0.1, 0.15) is 41.5 Å². The Bertz CT molecular complexity index is 951. The lowest BCUT2D eigenvalue weighted by Crippen LogP contribution is -2.25. The van der Waals surface area contributed by atoms with Crippen LogP contribution in [0.25, 0.3) is 0 Å². The van der Waals surface area contributed by atoms with Gasteiger partial charge in [0.2, 0.25) is 17.4 Å². The molecule has 2 aromatic carbocycles. The van der Waals surface area contributed by atoms with Gasteiger partial charge in [-0.3, -0.25) is 9.59 Å². The molecule has 0 aliphatic rings. The average molecular weight is 429 g/mol. The van der Waals surface area contributed by atoms with Crippen molar-refractivity contribution in [3.05, 3.63) is 47.5 Å². The highest BCUT2D eigenvalue weighted by Gasteiger charge is 2.26. The van der Waals surface area contributed by atoms with Gasteiger partial charge in [-0.25, -0.2) is 4.79 Å². The van der Waals surface area contributed by atoms with E-state index in [2.05, 4.69) is 5.32 Å². The fourth-order valence-corrected chi connectivity index (χ4v) is 2.78. The van der Waals surface area contributed by atoms with Crippen LogP contribution in [0.15, 0.2) is 36.4 Å². The number of esters is 1. The Hall–Kier alpha value is -3.55. The third-order valence-corrected chi connectivity index (χ3v) is 4.54. The minimum atomic E-state index is -1.04. The lowest BCUT2D eigenvalue weighted by atomic mass is 10.1. The Balaban J connectivity index is 2.14. The highest BCUT2D eigenvalue weighted by atomic mass is 16.6. The van der Waals surface area contributed by atoms with E-state index in [1.54, 1.807) is 44.2 Å². The summed E-state index contributed by atoms with van der Waals surface area (Å²) >= 11 is 0. The van der Waals surface area contributed by atoms with Crippen molar-refractivity contribution in [1.29, 1.82) is 0 Å². The van der Waals surface area contributed by atoms with E-state index in [9.17, 15) is 14.4 Å². The van der Waals surface area contributed by atoms with Gasteiger partial charge in [0.1, 0.15) is 5.56 Å². The molecule has 0 saturated heterocycles. The quantitative estimate of drug-likeness (QED) is 0.479. The minimum Gasteiger partial charge on any atom is -0.493 e. The summed E-state index contributed by atoms with van der Waals surface area (Å²) in [4.78, 5) is 37.1. The van der Waals surface area contributed by atoms with Crippen LogP contribution < -0.4 is 19.5 Å². The molecule has 0 aliphatic heterocycles. The van der Waals surface area contributed by atoms with Crippen LogP contribution in [0.3, 0.4) is 0 Å². The summed E-state index contributed by atoms with van der Waals surface area (Å²) in [5.74, 6) is -0.604. The summed E-state index contributed by atoms with van der Waals surface area (Å²) in [6.07, 6.45) is -1.04. The van der Waals surface area contributed by atoms with Crippen molar-refractivity contribution in [3.8, 4) is 17.2 Å². The number of ketones is 1. The molecule has 166 valence electrons. The molecule has 0 heterocycles. The van der Waals surface area contributed by atoms with Crippen LogP contribution in [0.2, 0.25) is 0 Å². The molecule has 31 heavy (non-hydrogen) atoms. The van der Waals surface area contributed by atoms with Gasteiger partial charge < -0.3 is 24.3 Å². The summed E-state index contributed by atoms with van der Waals surface area (Å²) in [6, 6.07) is 9.42. The van der Waals surface area contributed by atoms with E-state index in [1.165, 1.54) is 34.3 Å². The molecule has 1 N–H and O–H groups in total. The first kappa shape index (κ1) is 23.7. The number of anilines is 1. The minimum absolute atomic E-state index is 0.103. The first-order chi connectivity index (χ1) is 14.7. The molecule has 0 aromatic heterocycles. The maximum Gasteiger partial charge on any atom is 0.342 e. The standard InChI is InChI=1S/C23H27NO7/c1-13(2)22(26)24-16-9-7-15(8-10-16)19(25)14(3)31-23(27)17-11-12-18(28-4)21(30-6)20(17)29-5/h7-14H,1-6H3,(H,24,26). The number of hydrogen-bond donors (Lipinski definition) is 1. The van der Waals surface area contributed by atoms with Gasteiger partial charge in [0.15, 0.2) is 17.6 Å². The first-order valence-corrected chi connectivity index (χ1v) is 9.68. The molecule has 1 amide bonds. The summed E-state index contributed by atoms with van der Waals surface area (Å²) < 4.78 is 21.1. The van der Waals surface area contributed by atoms with Gasteiger partial charge in [-0.05, 0) is 43.3 Å². The van der Waals surface area contributed by atoms with E-state index >= 15 is 0 Å². The average Bonchev–Trinajstić information content (AvgIpc) is 2.77. The van der Waals surface area contributed by atoms with Gasteiger partial charge in [-0.1, -0.05) is 13.8 Å². The number of Topliss-reactive ketones (excluding diaryl/α,β-unsaturated/α-hetero) is 1. The number of ether oxygens (including phenoxy) is 4. The maximum atomic E-state index is 12.7. The molecule has 0 spiro atoms. The predicted octanol–water partition coefficient (Wildman–Crippen LogP) is 3.74. The molecule has 0 aliphatic carbocycles. The SMILES string of the molecule is COc1ccc(C(=O)OC(C)C(=O)c2ccc(NC(=O)C(C)C)cc2)c(OC)c1OC. The second-order valence-corrected chi connectivity index (χ2v) is 7.01. The Morgan fingerprint density at radius 3 is 1.94 bits per heavy atom. The zero-order valence-electron chi connectivity index (χ0n) is 18.5. The molecule has 1 atom stereocenters. The van der Waals surface area contributed by atoms with Gasteiger partial charge in [-0.15, -0.1) is 0 Å². The lowest BCUT2D eigenvalue weighted by Gasteiger charge is -2.17. The van der Waals surface area contributed by atoms with Crippen LogP contribution in [0.4, 0.5) is 5.69 Å². The van der Waals surface area contributed by atoms with Crippen LogP contribution in [0.5, 0.6) is 17.2 Å². The number of hydrogen-bond acceptors (Lipinski definition) is 7. The molecule has 0 bridgehead atoms. The lowest BCUT2D eigenvalue weighted by molar-refractivity contribution is -0.118. The van der Waals surface area contributed by atoms with E-state index in [0.29, 0.717) is 17.0 Å². The van der Waals surface area contributed by atoms with Crippen LogP contribution in [-0.2, 0) is 9.53 Å². The highest BCUT2D eigenvalue weighted by molar-refractivity contribution is 6.02. The number of methoxy groups -OCH3 is 3. The summed E-state index contributed by atoms with van der Waals surface area (Å²) in [6.45, 7) is 5.06. The van der Waals surface area contributed by atoms with Gasteiger partial charge in [0, 0.05) is 17.2 Å². The normalized spacial score (nSPS) is 11.5. The van der Waals surface area contributed by atoms with Crippen molar-refractivity contribution in [2.45, 2.75) is 26.9 Å². The molecular formula is C23H27NO7. The Labute approximate surface area is 181 Å². The van der Waals surface area contributed by atoms with Gasteiger partial charge in [0.25, 0.3) is 0 Å². The highest BCUT2D eigenvalue weighted by Crippen LogP contribution is 2.40. The number of amides is 1. The van der Waals surface area contributed by atoms with Crippen LogP contribution in [0, 0.1) is 5.92 Å². The molecule has 0 fully saturated rings. The Morgan fingerprint density at radius 1 is 0.806 bits per heavy atom. The maximum absolute atomic E-state index is 12.7. The Morgan fingerprint density at radius 2 is 1.42 bits per heavy atom. The molecule has 2 aromatic rings. The van der Waals surface area contributed by atoms with E-state index < -0.39 is 12.1 Å². The third-order valence-electron chi connectivity index (χ3n) is 4.54. The second kappa shape index (κ2) is 10.5. The summed E-state index contributed by atoms with van der Waals surface area (Å²) in [7, 11) is 4.28. The van der Waals surface area contributed by atoms with E-state index in [-0.39, 0.29) is 34.7 Å². The molecule has 8 nitrogen and oxygen atoms in total. The van der Waals surface area contributed by atoms with Gasteiger partial charge >= 0.3 is 5.97 Å². The molecule has 0 radical (unpaired) electrons. The van der Waals surface area contributed by atoms with Crippen molar-refractivity contribution in [2.75, 3.05) is 26.6 Å². The van der Waals surface area contributed by atoms with Crippen molar-refractivity contribution in [2.24, 2.45) is 5.92 Å². The van der Waals surface area contributed by atoms with Crippen molar-refractivity contribution in [1.82, 2.24) is 0 Å². The van der Waals surface area contributed by atoms with Gasteiger partial charge in [0.05, 0.1) is 21.3 Å². The molecule has 0 saturated carbocycles. The number of rotatable bonds is 9. The smallest absolute Gasteiger partial charge is 0.342 e. The van der Waals surface area contributed by atoms with Crippen molar-refractivity contribution in [3.63, 3.8) is 0 Å². The topological polar surface area (TPSA) is 100 Å². The number of carbonyl (C=O) groups excluding carboxylic acids is 3. The van der Waals surface area contributed by atoms with E-state index in [4.69, 9.17) is 18.9 Å².